The van der Waals surface area contributed by atoms with Crippen LogP contribution in [0.2, 0.25) is 0 Å². The lowest BCUT2D eigenvalue weighted by Crippen LogP contribution is -2.36. The van der Waals surface area contributed by atoms with Crippen LogP contribution in [0.25, 0.3) is 0 Å². The first-order valence-electron chi connectivity index (χ1n) is 6.46. The van der Waals surface area contributed by atoms with E-state index in [1.807, 2.05) is 13.8 Å². The van der Waals surface area contributed by atoms with Gasteiger partial charge in [-0.2, -0.15) is 0 Å². The SMILES string of the molecule is CC(C)NC(=O)CCN1C(=O)C(=O)c2cc(Br)c(F)cc21. The van der Waals surface area contributed by atoms with Gasteiger partial charge in [-0.15, -0.1) is 0 Å². The maximum Gasteiger partial charge on any atom is 0.299 e. The lowest BCUT2D eigenvalue weighted by Gasteiger charge is -2.17. The molecule has 1 aliphatic heterocycles. The minimum absolute atomic E-state index is 0.00547. The summed E-state index contributed by atoms with van der Waals surface area (Å²) >= 11 is 2.98. The number of hydrogen-bond donors (Lipinski definition) is 1. The van der Waals surface area contributed by atoms with Gasteiger partial charge in [0.2, 0.25) is 5.91 Å². The molecule has 0 aromatic heterocycles. The summed E-state index contributed by atoms with van der Waals surface area (Å²) in [7, 11) is 0. The zero-order valence-corrected chi connectivity index (χ0v) is 13.2. The second-order valence-electron chi connectivity index (χ2n) is 5.04. The van der Waals surface area contributed by atoms with Crippen LogP contribution in [0.3, 0.4) is 0 Å². The molecule has 0 spiro atoms. The van der Waals surface area contributed by atoms with Crippen molar-refractivity contribution in [1.82, 2.24) is 5.32 Å². The Morgan fingerprint density at radius 1 is 1.38 bits per heavy atom. The first-order chi connectivity index (χ1) is 9.81. The Kier molecular flexibility index (Phi) is 4.41. The molecule has 2 amide bonds. The monoisotopic (exact) mass is 356 g/mol. The Morgan fingerprint density at radius 2 is 2.05 bits per heavy atom. The van der Waals surface area contributed by atoms with Crippen LogP contribution in [0, 0.1) is 5.82 Å². The molecule has 0 aliphatic carbocycles. The number of benzene rings is 1. The van der Waals surface area contributed by atoms with E-state index >= 15 is 0 Å². The molecule has 0 atom stereocenters. The Bertz CT molecular complexity index is 631. The fourth-order valence-corrected chi connectivity index (χ4v) is 2.46. The Balaban J connectivity index is 2.19. The first kappa shape index (κ1) is 15.6. The lowest BCUT2D eigenvalue weighted by molar-refractivity contribution is -0.121. The van der Waals surface area contributed by atoms with Crippen LogP contribution in [-0.2, 0) is 9.59 Å². The molecule has 1 aromatic rings. The number of amides is 2. The summed E-state index contributed by atoms with van der Waals surface area (Å²) in [6.45, 7) is 3.69. The maximum absolute atomic E-state index is 13.6. The van der Waals surface area contributed by atoms with Crippen molar-refractivity contribution in [1.29, 1.82) is 0 Å². The van der Waals surface area contributed by atoms with E-state index < -0.39 is 17.5 Å². The molecule has 1 aliphatic rings. The van der Waals surface area contributed by atoms with Gasteiger partial charge in [-0.1, -0.05) is 0 Å². The average Bonchev–Trinajstić information content (AvgIpc) is 2.61. The number of halogens is 2. The summed E-state index contributed by atoms with van der Waals surface area (Å²) in [6.07, 6.45) is 0.0499. The Hall–Kier alpha value is -1.76. The van der Waals surface area contributed by atoms with E-state index in [1.54, 1.807) is 0 Å². The van der Waals surface area contributed by atoms with Gasteiger partial charge in [-0.3, -0.25) is 14.4 Å². The smallest absolute Gasteiger partial charge is 0.299 e. The largest absolute Gasteiger partial charge is 0.354 e. The summed E-state index contributed by atoms with van der Waals surface area (Å²) < 4.78 is 13.7. The number of carbonyl (C=O) groups is 3. The summed E-state index contributed by atoms with van der Waals surface area (Å²) in [5.74, 6) is -2.21. The molecule has 1 heterocycles. The molecule has 7 heteroatoms. The minimum atomic E-state index is -0.736. The van der Waals surface area contributed by atoms with E-state index in [1.165, 1.54) is 6.07 Å². The van der Waals surface area contributed by atoms with Gasteiger partial charge in [0, 0.05) is 19.0 Å². The number of fused-ring (bicyclic) bond motifs is 1. The molecule has 1 N–H and O–H groups in total. The van der Waals surface area contributed by atoms with Crippen molar-refractivity contribution in [3.63, 3.8) is 0 Å². The van der Waals surface area contributed by atoms with Gasteiger partial charge < -0.3 is 10.2 Å². The van der Waals surface area contributed by atoms with Crippen molar-refractivity contribution in [2.75, 3.05) is 11.4 Å². The molecule has 2 rings (SSSR count). The second kappa shape index (κ2) is 5.93. The summed E-state index contributed by atoms with van der Waals surface area (Å²) in [6, 6.07) is 2.41. The molecule has 0 fully saturated rings. The molecule has 5 nitrogen and oxygen atoms in total. The number of nitrogens with zero attached hydrogens (tertiary/aromatic N) is 1. The van der Waals surface area contributed by atoms with Crippen LogP contribution in [0.15, 0.2) is 16.6 Å². The van der Waals surface area contributed by atoms with E-state index in [9.17, 15) is 18.8 Å². The standard InChI is InChI=1S/C14H14BrFN2O3/c1-7(2)17-12(19)3-4-18-11-6-10(16)9(15)5-8(11)13(20)14(18)21/h5-7H,3-4H2,1-2H3,(H,17,19). The van der Waals surface area contributed by atoms with Crippen molar-refractivity contribution >= 4 is 39.2 Å². The fraction of sp³-hybridized carbons (Fsp3) is 0.357. The zero-order chi connectivity index (χ0) is 15.7. The minimum Gasteiger partial charge on any atom is -0.354 e. The van der Waals surface area contributed by atoms with Crippen molar-refractivity contribution in [3.05, 3.63) is 28.0 Å². The molecule has 0 unspecified atom stereocenters. The third-order valence-electron chi connectivity index (χ3n) is 3.03. The predicted octanol–water partition coefficient (Wildman–Crippen LogP) is 2.03. The van der Waals surface area contributed by atoms with Crippen LogP contribution >= 0.6 is 15.9 Å². The van der Waals surface area contributed by atoms with Crippen LogP contribution in [0.5, 0.6) is 0 Å². The van der Waals surface area contributed by atoms with Crippen molar-refractivity contribution in [2.24, 2.45) is 0 Å². The van der Waals surface area contributed by atoms with Gasteiger partial charge in [0.05, 0.1) is 15.7 Å². The molecular formula is C14H14BrFN2O3. The van der Waals surface area contributed by atoms with Crippen molar-refractivity contribution < 1.29 is 18.8 Å². The van der Waals surface area contributed by atoms with Crippen LogP contribution in [0.1, 0.15) is 30.6 Å². The maximum atomic E-state index is 13.6. The number of rotatable bonds is 4. The van der Waals surface area contributed by atoms with Gasteiger partial charge in [-0.25, -0.2) is 4.39 Å². The van der Waals surface area contributed by atoms with Gasteiger partial charge in [-0.05, 0) is 41.9 Å². The third kappa shape index (κ3) is 3.12. The Morgan fingerprint density at radius 3 is 2.67 bits per heavy atom. The molecule has 0 saturated heterocycles. The van der Waals surface area contributed by atoms with Gasteiger partial charge in [0.1, 0.15) is 5.82 Å². The van der Waals surface area contributed by atoms with Gasteiger partial charge in [0.25, 0.3) is 11.7 Å². The molecular weight excluding hydrogens is 343 g/mol. The topological polar surface area (TPSA) is 66.5 Å². The summed E-state index contributed by atoms with van der Waals surface area (Å²) in [4.78, 5) is 36.5. The van der Waals surface area contributed by atoms with Gasteiger partial charge >= 0.3 is 0 Å². The highest BCUT2D eigenvalue weighted by Crippen LogP contribution is 2.33. The average molecular weight is 357 g/mol. The summed E-state index contributed by atoms with van der Waals surface area (Å²) in [5, 5.41) is 2.69. The normalized spacial score (nSPS) is 13.9. The third-order valence-corrected chi connectivity index (χ3v) is 3.63. The highest BCUT2D eigenvalue weighted by atomic mass is 79.9. The van der Waals surface area contributed by atoms with E-state index in [-0.39, 0.29) is 40.6 Å². The van der Waals surface area contributed by atoms with E-state index in [2.05, 4.69) is 21.2 Å². The molecule has 112 valence electrons. The lowest BCUT2D eigenvalue weighted by atomic mass is 10.1. The molecule has 0 saturated carbocycles. The number of Topliss-reactive ketones (excluding diaryl/α,β-unsaturated/α-hetero) is 1. The molecule has 21 heavy (non-hydrogen) atoms. The number of carbonyl (C=O) groups excluding carboxylic acids is 3. The number of hydrogen-bond acceptors (Lipinski definition) is 3. The van der Waals surface area contributed by atoms with Crippen LogP contribution in [0.4, 0.5) is 10.1 Å². The molecule has 1 aromatic carbocycles. The number of anilines is 1. The van der Waals surface area contributed by atoms with Gasteiger partial charge in [0.15, 0.2) is 0 Å². The van der Waals surface area contributed by atoms with E-state index in [0.29, 0.717) is 0 Å². The highest BCUT2D eigenvalue weighted by molar-refractivity contribution is 9.10. The summed E-state index contributed by atoms with van der Waals surface area (Å²) in [5.41, 5.74) is 0.362. The predicted molar refractivity (Wildman–Crippen MR) is 78.7 cm³/mol. The van der Waals surface area contributed by atoms with Crippen LogP contribution in [-0.4, -0.2) is 30.2 Å². The fourth-order valence-electron chi connectivity index (χ4n) is 2.12. The van der Waals surface area contributed by atoms with E-state index in [0.717, 1.165) is 11.0 Å². The quantitative estimate of drug-likeness (QED) is 0.839. The first-order valence-corrected chi connectivity index (χ1v) is 7.25. The highest BCUT2D eigenvalue weighted by Gasteiger charge is 2.36. The van der Waals surface area contributed by atoms with E-state index in [4.69, 9.17) is 0 Å². The number of ketones is 1. The van der Waals surface area contributed by atoms with Crippen LogP contribution < -0.4 is 10.2 Å². The second-order valence-corrected chi connectivity index (χ2v) is 5.90. The molecule has 0 radical (unpaired) electrons. The zero-order valence-electron chi connectivity index (χ0n) is 11.6. The van der Waals surface area contributed by atoms with Crippen molar-refractivity contribution in [2.45, 2.75) is 26.3 Å². The Labute approximate surface area is 129 Å². The molecule has 0 bridgehead atoms. The number of nitrogens with one attached hydrogen (secondary N) is 1. The van der Waals surface area contributed by atoms with Crippen molar-refractivity contribution in [3.8, 4) is 0 Å².